The lowest BCUT2D eigenvalue weighted by atomic mass is 10.1. The highest BCUT2D eigenvalue weighted by Gasteiger charge is 2.20. The van der Waals surface area contributed by atoms with Crippen LogP contribution in [0.1, 0.15) is 32.3 Å². The second-order valence-corrected chi connectivity index (χ2v) is 9.54. The summed E-state index contributed by atoms with van der Waals surface area (Å²) in [6, 6.07) is 22.7. The molecular formula is C31H34FN7. The Balaban J connectivity index is 0.00000151. The van der Waals surface area contributed by atoms with Gasteiger partial charge >= 0.3 is 0 Å². The van der Waals surface area contributed by atoms with E-state index in [1.165, 1.54) is 17.7 Å². The van der Waals surface area contributed by atoms with Crippen molar-refractivity contribution < 1.29 is 4.39 Å². The molecule has 0 radical (unpaired) electrons. The maximum absolute atomic E-state index is 13.9. The summed E-state index contributed by atoms with van der Waals surface area (Å²) in [5.41, 5.74) is 17.9. The van der Waals surface area contributed by atoms with E-state index in [0.717, 1.165) is 43.7 Å². The fourth-order valence-corrected chi connectivity index (χ4v) is 4.92. The van der Waals surface area contributed by atoms with Crippen LogP contribution in [-0.4, -0.2) is 43.6 Å². The molecule has 0 aliphatic carbocycles. The molecule has 0 atom stereocenters. The average Bonchev–Trinajstić information content (AvgIpc) is 3.34. The molecule has 3 aromatic heterocycles. The lowest BCUT2D eigenvalue weighted by Crippen LogP contribution is -2.39. The fraction of sp³-hybridized carbons (Fsp3) is 0.258. The normalized spacial score (nSPS) is 14.3. The van der Waals surface area contributed by atoms with Crippen molar-refractivity contribution in [2.75, 3.05) is 18.8 Å². The van der Waals surface area contributed by atoms with Crippen LogP contribution in [0.25, 0.3) is 39.5 Å². The molecule has 1 aliphatic heterocycles. The van der Waals surface area contributed by atoms with E-state index >= 15 is 0 Å². The number of fused-ring (bicyclic) bond motifs is 1. The van der Waals surface area contributed by atoms with Crippen molar-refractivity contribution in [2.45, 2.75) is 39.3 Å². The number of nitrogens with zero attached hydrogens (tertiary/aromatic N) is 5. The molecule has 1 aliphatic rings. The number of aromatic nitrogens is 4. The third-order valence-corrected chi connectivity index (χ3v) is 6.94. The van der Waals surface area contributed by atoms with Crippen LogP contribution in [0, 0.1) is 5.82 Å². The Kier molecular flexibility index (Phi) is 7.95. The molecule has 39 heavy (non-hydrogen) atoms. The molecule has 4 N–H and O–H groups in total. The van der Waals surface area contributed by atoms with Crippen molar-refractivity contribution in [2.24, 2.45) is 5.73 Å². The molecule has 0 saturated carbocycles. The number of pyridine rings is 2. The maximum atomic E-state index is 13.9. The smallest absolute Gasteiger partial charge is 0.165 e. The number of benzene rings is 2. The first-order chi connectivity index (χ1) is 19.0. The van der Waals surface area contributed by atoms with Crippen molar-refractivity contribution in [1.29, 1.82) is 0 Å². The van der Waals surface area contributed by atoms with E-state index < -0.39 is 0 Å². The van der Waals surface area contributed by atoms with Gasteiger partial charge in [0.2, 0.25) is 0 Å². The molecule has 0 unspecified atom stereocenters. The lowest BCUT2D eigenvalue weighted by Gasteiger charge is -2.30. The van der Waals surface area contributed by atoms with Gasteiger partial charge in [-0.1, -0.05) is 38.1 Å². The van der Waals surface area contributed by atoms with E-state index in [-0.39, 0.29) is 5.82 Å². The van der Waals surface area contributed by atoms with Crippen molar-refractivity contribution in [1.82, 2.24) is 24.4 Å². The zero-order valence-corrected chi connectivity index (χ0v) is 22.4. The fourth-order valence-electron chi connectivity index (χ4n) is 4.92. The van der Waals surface area contributed by atoms with Crippen molar-refractivity contribution >= 4 is 17.0 Å². The molecule has 7 nitrogen and oxygen atoms in total. The third-order valence-electron chi connectivity index (χ3n) is 6.94. The van der Waals surface area contributed by atoms with Crippen LogP contribution in [-0.2, 0) is 6.54 Å². The van der Waals surface area contributed by atoms with Crippen molar-refractivity contribution in [3.05, 3.63) is 90.4 Å². The Bertz CT molecular complexity index is 1550. The van der Waals surface area contributed by atoms with Crippen LogP contribution >= 0.6 is 0 Å². The summed E-state index contributed by atoms with van der Waals surface area (Å²) < 4.78 is 15.9. The largest absolute Gasteiger partial charge is 0.383 e. The summed E-state index contributed by atoms with van der Waals surface area (Å²) in [4.78, 5) is 16.5. The number of nitrogens with two attached hydrogens (primary N) is 2. The van der Waals surface area contributed by atoms with Crippen LogP contribution < -0.4 is 11.5 Å². The van der Waals surface area contributed by atoms with Crippen LogP contribution in [0.2, 0.25) is 0 Å². The third kappa shape index (κ3) is 5.67. The van der Waals surface area contributed by atoms with Crippen LogP contribution in [0.5, 0.6) is 0 Å². The van der Waals surface area contributed by atoms with E-state index in [2.05, 4.69) is 34.1 Å². The number of hydrogen-bond donors (Lipinski definition) is 2. The van der Waals surface area contributed by atoms with E-state index in [9.17, 15) is 4.39 Å². The molecule has 200 valence electrons. The maximum Gasteiger partial charge on any atom is 0.165 e. The van der Waals surface area contributed by atoms with E-state index in [1.54, 1.807) is 12.3 Å². The number of halogens is 1. The molecule has 6 rings (SSSR count). The number of anilines is 1. The van der Waals surface area contributed by atoms with Crippen LogP contribution in [0.4, 0.5) is 10.2 Å². The number of imidazole rings is 1. The quantitative estimate of drug-likeness (QED) is 0.301. The minimum Gasteiger partial charge on any atom is -0.383 e. The van der Waals surface area contributed by atoms with Gasteiger partial charge < -0.3 is 11.5 Å². The van der Waals surface area contributed by atoms with Crippen LogP contribution in [0.3, 0.4) is 0 Å². The van der Waals surface area contributed by atoms with Crippen molar-refractivity contribution in [3.8, 4) is 28.3 Å². The van der Waals surface area contributed by atoms with Gasteiger partial charge in [0, 0.05) is 30.0 Å². The summed E-state index contributed by atoms with van der Waals surface area (Å²) >= 11 is 0. The summed E-state index contributed by atoms with van der Waals surface area (Å²) in [5, 5.41) is 0. The number of nitrogen functional groups attached to an aromatic ring is 1. The van der Waals surface area contributed by atoms with Gasteiger partial charge in [0.1, 0.15) is 17.2 Å². The zero-order valence-electron chi connectivity index (χ0n) is 22.4. The molecule has 1 fully saturated rings. The van der Waals surface area contributed by atoms with Gasteiger partial charge in [-0.2, -0.15) is 0 Å². The Morgan fingerprint density at radius 2 is 1.69 bits per heavy atom. The van der Waals surface area contributed by atoms with Gasteiger partial charge in [0.15, 0.2) is 11.5 Å². The molecule has 0 amide bonds. The summed E-state index contributed by atoms with van der Waals surface area (Å²) in [5.74, 6) is 0.745. The zero-order chi connectivity index (χ0) is 27.4. The summed E-state index contributed by atoms with van der Waals surface area (Å²) in [6.45, 7) is 6.93. The molecule has 5 aromatic rings. The Labute approximate surface area is 228 Å². The minimum atomic E-state index is -0.303. The second-order valence-electron chi connectivity index (χ2n) is 9.54. The topological polar surface area (TPSA) is 98.9 Å². The number of piperidine rings is 1. The summed E-state index contributed by atoms with van der Waals surface area (Å²) in [6.07, 6.45) is 3.73. The van der Waals surface area contributed by atoms with Crippen LogP contribution in [0.15, 0.2) is 79.0 Å². The molecular weight excluding hydrogens is 489 g/mol. The molecule has 4 heterocycles. The lowest BCUT2D eigenvalue weighted by molar-refractivity contribution is 0.205. The Morgan fingerprint density at radius 1 is 0.923 bits per heavy atom. The number of rotatable bonds is 5. The Hall–Kier alpha value is -4.14. The van der Waals surface area contributed by atoms with Gasteiger partial charge in [-0.3, -0.25) is 9.47 Å². The molecule has 1 saturated heterocycles. The second kappa shape index (κ2) is 11.7. The predicted molar refractivity (Wildman–Crippen MR) is 156 cm³/mol. The molecule has 0 bridgehead atoms. The Morgan fingerprint density at radius 3 is 2.41 bits per heavy atom. The highest BCUT2D eigenvalue weighted by molar-refractivity contribution is 5.84. The van der Waals surface area contributed by atoms with E-state index in [1.807, 2.05) is 48.7 Å². The van der Waals surface area contributed by atoms with Gasteiger partial charge in [-0.15, -0.1) is 0 Å². The van der Waals surface area contributed by atoms with Crippen molar-refractivity contribution in [3.63, 3.8) is 0 Å². The van der Waals surface area contributed by atoms with E-state index in [0.29, 0.717) is 40.1 Å². The molecule has 2 aromatic carbocycles. The van der Waals surface area contributed by atoms with Gasteiger partial charge in [0.25, 0.3) is 0 Å². The summed E-state index contributed by atoms with van der Waals surface area (Å²) in [7, 11) is 0. The van der Waals surface area contributed by atoms with E-state index in [4.69, 9.17) is 21.4 Å². The first kappa shape index (κ1) is 26.5. The standard InChI is InChI=1S/C29H28FN7.C2H6/c30-21-4-1-3-20(17-21)25-10-11-26-29(34-25)37(28(35-26)24-5-2-14-33-27(24)32)23-8-6-19(7-9-23)18-36-15-12-22(31)13-16-36;1-2/h1-11,14,17,22H,12-13,15-16,18,31H2,(H2,32,33);1-2H3. The monoisotopic (exact) mass is 523 g/mol. The average molecular weight is 524 g/mol. The van der Waals surface area contributed by atoms with Gasteiger partial charge in [0.05, 0.1) is 11.3 Å². The highest BCUT2D eigenvalue weighted by atomic mass is 19.1. The predicted octanol–water partition coefficient (Wildman–Crippen LogP) is 5.82. The van der Waals surface area contributed by atoms with Gasteiger partial charge in [-0.05, 0) is 80.0 Å². The minimum absolute atomic E-state index is 0.303. The molecule has 8 heteroatoms. The first-order valence-electron chi connectivity index (χ1n) is 13.5. The SMILES string of the molecule is CC.Nc1ncccc1-c1nc2ccc(-c3cccc(F)c3)nc2n1-c1ccc(CN2CCC(N)CC2)cc1. The number of hydrogen-bond acceptors (Lipinski definition) is 6. The first-order valence-corrected chi connectivity index (χ1v) is 13.5. The van der Waals surface area contributed by atoms with Gasteiger partial charge in [-0.25, -0.2) is 19.3 Å². The number of likely N-dealkylation sites (tertiary alicyclic amines) is 1. The highest BCUT2D eigenvalue weighted by Crippen LogP contribution is 2.32. The molecule has 0 spiro atoms.